The highest BCUT2D eigenvalue weighted by Gasteiger charge is 2.09. The molecule has 0 atom stereocenters. The normalized spacial score (nSPS) is 11.3. The molecule has 116 valence electrons. The first-order chi connectivity index (χ1) is 11.3. The number of anilines is 1. The Morgan fingerprint density at radius 3 is 3.17 bits per heavy atom. The van der Waals surface area contributed by atoms with Gasteiger partial charge in [0.1, 0.15) is 6.33 Å². The van der Waals surface area contributed by atoms with Crippen molar-refractivity contribution < 1.29 is 4.79 Å². The maximum Gasteiger partial charge on any atom is 0.236 e. The molecule has 7 nitrogen and oxygen atoms in total. The zero-order valence-corrected chi connectivity index (χ0v) is 13.0. The van der Waals surface area contributed by atoms with E-state index < -0.39 is 0 Å². The highest BCUT2D eigenvalue weighted by Crippen LogP contribution is 2.20. The molecule has 3 heterocycles. The van der Waals surface area contributed by atoms with Crippen molar-refractivity contribution in [2.45, 2.75) is 19.3 Å². The van der Waals surface area contributed by atoms with Crippen molar-refractivity contribution in [2.24, 2.45) is 0 Å². The molecule has 3 aromatic heterocycles. The van der Waals surface area contributed by atoms with Crippen LogP contribution in [-0.4, -0.2) is 30.7 Å². The largest absolute Gasteiger partial charge is 0.361 e. The van der Waals surface area contributed by atoms with Gasteiger partial charge in [-0.2, -0.15) is 4.52 Å². The summed E-state index contributed by atoms with van der Waals surface area (Å²) in [7, 11) is 0. The smallest absolute Gasteiger partial charge is 0.236 e. The fraction of sp³-hybridized carbons (Fsp3) is 0.200. The maximum absolute atomic E-state index is 12.0. The van der Waals surface area contributed by atoms with Gasteiger partial charge in [0, 0.05) is 23.5 Å². The lowest BCUT2D eigenvalue weighted by atomic mass is 10.1. The summed E-state index contributed by atoms with van der Waals surface area (Å²) < 4.78 is 1.55. The van der Waals surface area contributed by atoms with E-state index in [1.54, 1.807) is 4.52 Å². The molecule has 4 aromatic rings. The lowest BCUT2D eigenvalue weighted by molar-refractivity contribution is -0.116. The van der Waals surface area contributed by atoms with E-state index in [0.29, 0.717) is 16.5 Å². The summed E-state index contributed by atoms with van der Waals surface area (Å²) in [6.45, 7) is 0. The van der Waals surface area contributed by atoms with E-state index in [1.807, 2.05) is 18.3 Å². The van der Waals surface area contributed by atoms with Crippen LogP contribution in [0.1, 0.15) is 18.4 Å². The summed E-state index contributed by atoms with van der Waals surface area (Å²) in [5.41, 5.74) is 2.37. The molecule has 0 spiro atoms. The number of carbonyl (C=O) groups is 1. The third kappa shape index (κ3) is 2.80. The van der Waals surface area contributed by atoms with Gasteiger partial charge < -0.3 is 10.3 Å². The number of nitrogens with one attached hydrogen (secondary N) is 2. The third-order valence-corrected chi connectivity index (χ3v) is 4.49. The van der Waals surface area contributed by atoms with Crippen LogP contribution >= 0.6 is 11.3 Å². The predicted octanol–water partition coefficient (Wildman–Crippen LogP) is 2.63. The van der Waals surface area contributed by atoms with E-state index in [9.17, 15) is 4.79 Å². The molecule has 0 saturated carbocycles. The molecular weight excluding hydrogens is 312 g/mol. The highest BCUT2D eigenvalue weighted by atomic mass is 32.1. The standard InChI is InChI=1S/C15H14N6OS/c22-13(18-14-20-21-9-17-19-15(21)23-14)7-3-4-10-8-16-12-6-2-1-5-11(10)12/h1-2,5-6,8-9,16H,3-4,7H2,(H,18,20,22). The average Bonchev–Trinajstić information content (AvgIpc) is 3.22. The molecule has 1 amide bonds. The Morgan fingerprint density at radius 1 is 1.35 bits per heavy atom. The Bertz CT molecular complexity index is 940. The predicted molar refractivity (Wildman–Crippen MR) is 88.5 cm³/mol. The van der Waals surface area contributed by atoms with Crippen molar-refractivity contribution in [3.05, 3.63) is 42.4 Å². The van der Waals surface area contributed by atoms with Gasteiger partial charge in [-0.05, 0) is 24.5 Å². The zero-order valence-electron chi connectivity index (χ0n) is 12.2. The van der Waals surface area contributed by atoms with Crippen LogP contribution in [-0.2, 0) is 11.2 Å². The number of aryl methyl sites for hydroxylation is 1. The van der Waals surface area contributed by atoms with Gasteiger partial charge in [-0.25, -0.2) is 0 Å². The molecule has 0 unspecified atom stereocenters. The Kier molecular flexibility index (Phi) is 3.51. The van der Waals surface area contributed by atoms with Gasteiger partial charge >= 0.3 is 0 Å². The van der Waals surface area contributed by atoms with Crippen molar-refractivity contribution in [3.8, 4) is 0 Å². The fourth-order valence-electron chi connectivity index (χ4n) is 2.57. The molecule has 0 aliphatic heterocycles. The molecule has 0 aliphatic rings. The van der Waals surface area contributed by atoms with Gasteiger partial charge in [0.25, 0.3) is 0 Å². The second-order valence-corrected chi connectivity index (χ2v) is 6.18. The number of aromatic nitrogens is 5. The van der Waals surface area contributed by atoms with E-state index in [0.717, 1.165) is 18.4 Å². The number of H-pyrrole nitrogens is 1. The summed E-state index contributed by atoms with van der Waals surface area (Å²) in [5, 5.41) is 16.4. The molecule has 0 fully saturated rings. The monoisotopic (exact) mass is 326 g/mol. The molecule has 2 N–H and O–H groups in total. The van der Waals surface area contributed by atoms with Crippen molar-refractivity contribution in [2.75, 3.05) is 5.32 Å². The second-order valence-electron chi connectivity index (χ2n) is 5.23. The van der Waals surface area contributed by atoms with Crippen LogP contribution in [0.4, 0.5) is 5.13 Å². The van der Waals surface area contributed by atoms with Crippen LogP contribution in [0.3, 0.4) is 0 Å². The number of nitrogens with zero attached hydrogens (tertiary/aromatic N) is 4. The fourth-order valence-corrected chi connectivity index (χ4v) is 3.31. The van der Waals surface area contributed by atoms with E-state index in [-0.39, 0.29) is 5.91 Å². The van der Waals surface area contributed by atoms with Crippen molar-refractivity contribution in [1.82, 2.24) is 24.8 Å². The SMILES string of the molecule is O=C(CCCc1c[nH]c2ccccc12)Nc1nn2cnnc2s1. The Balaban J connectivity index is 1.33. The number of amides is 1. The van der Waals surface area contributed by atoms with Crippen LogP contribution in [0.15, 0.2) is 36.8 Å². The summed E-state index contributed by atoms with van der Waals surface area (Å²) in [4.78, 5) is 15.9. The number of carbonyl (C=O) groups excluding carboxylic acids is 1. The molecule has 0 aliphatic carbocycles. The Hall–Kier alpha value is -2.74. The van der Waals surface area contributed by atoms with Gasteiger partial charge in [-0.3, -0.25) is 4.79 Å². The summed E-state index contributed by atoms with van der Waals surface area (Å²) in [6, 6.07) is 8.19. The molecule has 0 saturated heterocycles. The molecule has 8 heteroatoms. The van der Waals surface area contributed by atoms with E-state index >= 15 is 0 Å². The minimum absolute atomic E-state index is 0.0326. The third-order valence-electron chi connectivity index (χ3n) is 3.66. The number of aromatic amines is 1. The van der Waals surface area contributed by atoms with Crippen molar-refractivity contribution in [3.63, 3.8) is 0 Å². The molecule has 1 aromatic carbocycles. The summed E-state index contributed by atoms with van der Waals surface area (Å²) >= 11 is 1.31. The van der Waals surface area contributed by atoms with E-state index in [2.05, 4.69) is 37.7 Å². The quantitative estimate of drug-likeness (QED) is 0.590. The minimum atomic E-state index is -0.0326. The molecule has 23 heavy (non-hydrogen) atoms. The first-order valence-electron chi connectivity index (χ1n) is 7.31. The van der Waals surface area contributed by atoms with Gasteiger partial charge in [-0.1, -0.05) is 29.5 Å². The topological polar surface area (TPSA) is 88.0 Å². The molecule has 4 rings (SSSR count). The zero-order chi connectivity index (χ0) is 15.6. The number of benzene rings is 1. The summed E-state index contributed by atoms with van der Waals surface area (Å²) in [5.74, 6) is -0.0326. The van der Waals surface area contributed by atoms with Crippen molar-refractivity contribution >= 4 is 38.2 Å². The number of hydrogen-bond donors (Lipinski definition) is 2. The first kappa shape index (κ1) is 13.9. The van der Waals surface area contributed by atoms with E-state index in [1.165, 1.54) is 28.6 Å². The van der Waals surface area contributed by atoms with Gasteiger partial charge in [0.05, 0.1) is 0 Å². The van der Waals surface area contributed by atoms with Crippen LogP contribution in [0.5, 0.6) is 0 Å². The van der Waals surface area contributed by atoms with Gasteiger partial charge in [0.2, 0.25) is 16.0 Å². The lowest BCUT2D eigenvalue weighted by Crippen LogP contribution is -2.11. The van der Waals surface area contributed by atoms with Crippen LogP contribution in [0.25, 0.3) is 15.9 Å². The first-order valence-corrected chi connectivity index (χ1v) is 8.13. The lowest BCUT2D eigenvalue weighted by Gasteiger charge is -2.01. The number of para-hydroxylation sites is 1. The second kappa shape index (κ2) is 5.81. The minimum Gasteiger partial charge on any atom is -0.361 e. The number of hydrogen-bond acceptors (Lipinski definition) is 5. The Morgan fingerprint density at radius 2 is 2.26 bits per heavy atom. The van der Waals surface area contributed by atoms with Crippen molar-refractivity contribution in [1.29, 1.82) is 0 Å². The van der Waals surface area contributed by atoms with Crippen LogP contribution in [0, 0.1) is 0 Å². The average molecular weight is 326 g/mol. The van der Waals surface area contributed by atoms with Gasteiger partial charge in [0.15, 0.2) is 0 Å². The molecule has 0 bridgehead atoms. The summed E-state index contributed by atoms with van der Waals surface area (Å²) in [6.07, 6.45) is 5.64. The van der Waals surface area contributed by atoms with Crippen LogP contribution < -0.4 is 5.32 Å². The Labute approximate surface area is 135 Å². The molecule has 0 radical (unpaired) electrons. The highest BCUT2D eigenvalue weighted by molar-refractivity contribution is 7.20. The van der Waals surface area contributed by atoms with E-state index in [4.69, 9.17) is 0 Å². The number of fused-ring (bicyclic) bond motifs is 2. The maximum atomic E-state index is 12.0. The molecular formula is C15H14N6OS. The number of rotatable bonds is 5. The van der Waals surface area contributed by atoms with Crippen LogP contribution in [0.2, 0.25) is 0 Å². The van der Waals surface area contributed by atoms with Gasteiger partial charge in [-0.15, -0.1) is 15.3 Å².